The molecule has 0 bridgehead atoms. The van der Waals surface area contributed by atoms with Gasteiger partial charge in [-0.1, -0.05) is 24.3 Å². The van der Waals surface area contributed by atoms with Crippen LogP contribution in [0.1, 0.15) is 18.2 Å². The lowest BCUT2D eigenvalue weighted by atomic mass is 10.1. The van der Waals surface area contributed by atoms with E-state index in [-0.39, 0.29) is 37.1 Å². The second-order valence-corrected chi connectivity index (χ2v) is 8.57. The SMILES string of the molecule is COc1ccc(OCC(O)Cn2c(C3CC(=O)N(c4ccccc4F)C3)nc3ccccc32)cc1. The van der Waals surface area contributed by atoms with Gasteiger partial charge in [0.25, 0.3) is 0 Å². The normalized spacial score (nSPS) is 16.6. The summed E-state index contributed by atoms with van der Waals surface area (Å²) in [6, 6.07) is 21.1. The van der Waals surface area contributed by atoms with E-state index in [4.69, 9.17) is 14.5 Å². The van der Waals surface area contributed by atoms with Crippen LogP contribution in [0, 0.1) is 5.82 Å². The summed E-state index contributed by atoms with van der Waals surface area (Å²) in [5.41, 5.74) is 1.92. The predicted octanol–water partition coefficient (Wildman–Crippen LogP) is 4.14. The minimum absolute atomic E-state index is 0.0865. The number of methoxy groups -OCH3 is 1. The quantitative estimate of drug-likeness (QED) is 0.415. The van der Waals surface area contributed by atoms with Crippen LogP contribution in [0.15, 0.2) is 72.8 Å². The minimum Gasteiger partial charge on any atom is -0.497 e. The van der Waals surface area contributed by atoms with Crippen LogP contribution in [0.25, 0.3) is 11.0 Å². The number of nitrogens with zero attached hydrogens (tertiary/aromatic N) is 3. The Balaban J connectivity index is 1.36. The molecule has 1 aromatic heterocycles. The maximum absolute atomic E-state index is 14.4. The number of anilines is 1. The lowest BCUT2D eigenvalue weighted by molar-refractivity contribution is -0.117. The number of hydrogen-bond acceptors (Lipinski definition) is 5. The number of aliphatic hydroxyl groups excluding tert-OH is 1. The average Bonchev–Trinajstić information content (AvgIpc) is 3.44. The van der Waals surface area contributed by atoms with Gasteiger partial charge in [-0.2, -0.15) is 0 Å². The van der Waals surface area contributed by atoms with Gasteiger partial charge in [0.2, 0.25) is 5.91 Å². The molecule has 2 unspecified atom stereocenters. The zero-order valence-electron chi connectivity index (χ0n) is 19.3. The molecule has 180 valence electrons. The first-order valence-electron chi connectivity index (χ1n) is 11.5. The minimum atomic E-state index is -0.812. The second-order valence-electron chi connectivity index (χ2n) is 8.57. The van der Waals surface area contributed by atoms with Crippen molar-refractivity contribution in [1.82, 2.24) is 9.55 Å². The molecule has 0 radical (unpaired) electrons. The number of hydrogen-bond donors (Lipinski definition) is 1. The zero-order chi connectivity index (χ0) is 24.4. The number of aromatic nitrogens is 2. The molecule has 8 heteroatoms. The fraction of sp³-hybridized carbons (Fsp3) is 0.259. The van der Waals surface area contributed by atoms with Crippen molar-refractivity contribution in [3.63, 3.8) is 0 Å². The van der Waals surface area contributed by atoms with Gasteiger partial charge in [-0.3, -0.25) is 4.79 Å². The number of halogens is 1. The molecule has 2 atom stereocenters. The molecule has 1 amide bonds. The second kappa shape index (κ2) is 9.76. The van der Waals surface area contributed by atoms with Crippen molar-refractivity contribution in [3.05, 3.63) is 84.4 Å². The van der Waals surface area contributed by atoms with Crippen molar-refractivity contribution in [2.24, 2.45) is 0 Å². The lowest BCUT2D eigenvalue weighted by Gasteiger charge is -2.19. The molecular weight excluding hydrogens is 449 g/mol. The summed E-state index contributed by atoms with van der Waals surface area (Å²) in [5, 5.41) is 10.8. The third-order valence-corrected chi connectivity index (χ3v) is 6.21. The molecule has 35 heavy (non-hydrogen) atoms. The fourth-order valence-corrected chi connectivity index (χ4v) is 4.51. The Hall–Kier alpha value is -3.91. The molecule has 1 saturated heterocycles. The van der Waals surface area contributed by atoms with Gasteiger partial charge in [-0.25, -0.2) is 9.37 Å². The van der Waals surface area contributed by atoms with Gasteiger partial charge in [-0.15, -0.1) is 0 Å². The van der Waals surface area contributed by atoms with Crippen LogP contribution in [0.3, 0.4) is 0 Å². The van der Waals surface area contributed by atoms with Gasteiger partial charge in [-0.05, 0) is 48.5 Å². The maximum Gasteiger partial charge on any atom is 0.227 e. The molecule has 0 aliphatic carbocycles. The third-order valence-electron chi connectivity index (χ3n) is 6.21. The van der Waals surface area contributed by atoms with Crippen molar-refractivity contribution >= 4 is 22.6 Å². The van der Waals surface area contributed by atoms with Gasteiger partial charge in [0, 0.05) is 18.9 Å². The maximum atomic E-state index is 14.4. The molecule has 0 spiro atoms. The van der Waals surface area contributed by atoms with Crippen molar-refractivity contribution in [2.45, 2.75) is 25.0 Å². The Bertz CT molecular complexity index is 1340. The first kappa shape index (κ1) is 22.9. The summed E-state index contributed by atoms with van der Waals surface area (Å²) in [6.45, 7) is 0.654. The molecule has 1 N–H and O–H groups in total. The van der Waals surface area contributed by atoms with Crippen molar-refractivity contribution < 1.29 is 23.8 Å². The van der Waals surface area contributed by atoms with E-state index in [1.54, 1.807) is 49.6 Å². The molecule has 7 nitrogen and oxygen atoms in total. The Morgan fingerprint density at radius 1 is 1.06 bits per heavy atom. The summed E-state index contributed by atoms with van der Waals surface area (Å²) < 4.78 is 27.2. The predicted molar refractivity (Wildman–Crippen MR) is 130 cm³/mol. The van der Waals surface area contributed by atoms with E-state index in [0.29, 0.717) is 18.1 Å². The third kappa shape index (κ3) is 4.70. The first-order chi connectivity index (χ1) is 17.0. The van der Waals surface area contributed by atoms with Gasteiger partial charge >= 0.3 is 0 Å². The van der Waals surface area contributed by atoms with Gasteiger partial charge in [0.05, 0.1) is 30.4 Å². The van der Waals surface area contributed by atoms with E-state index in [9.17, 15) is 14.3 Å². The number of rotatable bonds is 8. The van der Waals surface area contributed by atoms with Gasteiger partial charge in [0.15, 0.2) is 0 Å². The van der Waals surface area contributed by atoms with Crippen LogP contribution >= 0.6 is 0 Å². The van der Waals surface area contributed by atoms with Crippen molar-refractivity contribution in [2.75, 3.05) is 25.2 Å². The Kier molecular flexibility index (Phi) is 6.37. The monoisotopic (exact) mass is 475 g/mol. The van der Waals surface area contributed by atoms with E-state index in [0.717, 1.165) is 16.8 Å². The van der Waals surface area contributed by atoms with Crippen LogP contribution in [-0.4, -0.2) is 46.9 Å². The highest BCUT2D eigenvalue weighted by molar-refractivity contribution is 5.96. The van der Waals surface area contributed by atoms with Crippen LogP contribution in [0.2, 0.25) is 0 Å². The summed E-state index contributed by atoms with van der Waals surface area (Å²) >= 11 is 0. The Labute approximate surface area is 202 Å². The number of imidazole rings is 1. The van der Waals surface area contributed by atoms with E-state index in [2.05, 4.69) is 0 Å². The van der Waals surface area contributed by atoms with Gasteiger partial charge in [0.1, 0.15) is 35.9 Å². The molecule has 3 aromatic carbocycles. The van der Waals surface area contributed by atoms with E-state index in [1.165, 1.54) is 11.0 Å². The summed E-state index contributed by atoms with van der Waals surface area (Å²) in [5.74, 6) is 1.24. The topological polar surface area (TPSA) is 76.8 Å². The van der Waals surface area contributed by atoms with Gasteiger partial charge < -0.3 is 24.0 Å². The largest absolute Gasteiger partial charge is 0.497 e. The molecule has 1 fully saturated rings. The molecule has 1 aliphatic heterocycles. The smallest absolute Gasteiger partial charge is 0.227 e. The number of carbonyl (C=O) groups excluding carboxylic acids is 1. The van der Waals surface area contributed by atoms with Crippen LogP contribution in [-0.2, 0) is 11.3 Å². The molecule has 0 saturated carbocycles. The number of para-hydroxylation sites is 3. The highest BCUT2D eigenvalue weighted by atomic mass is 19.1. The zero-order valence-corrected chi connectivity index (χ0v) is 19.3. The number of fused-ring (bicyclic) bond motifs is 1. The molecule has 4 aromatic rings. The molecule has 2 heterocycles. The standard InChI is InChI=1S/C27H26FN3O4/c1-34-20-10-12-21(13-11-20)35-17-19(32)16-31-25-9-5-3-7-23(25)29-27(31)18-14-26(33)30(15-18)24-8-4-2-6-22(24)28/h2-13,18-19,32H,14-17H2,1H3. The Morgan fingerprint density at radius 3 is 2.54 bits per heavy atom. The summed E-state index contributed by atoms with van der Waals surface area (Å²) in [6.07, 6.45) is -0.593. The van der Waals surface area contributed by atoms with E-state index >= 15 is 0 Å². The number of ether oxygens (including phenoxy) is 2. The lowest BCUT2D eigenvalue weighted by Crippen LogP contribution is -2.27. The van der Waals surface area contributed by atoms with Crippen LogP contribution < -0.4 is 14.4 Å². The molecule has 1 aliphatic rings. The van der Waals surface area contributed by atoms with Crippen molar-refractivity contribution in [1.29, 1.82) is 0 Å². The molecule has 5 rings (SSSR count). The van der Waals surface area contributed by atoms with E-state index < -0.39 is 11.9 Å². The Morgan fingerprint density at radius 2 is 1.77 bits per heavy atom. The molecular formula is C27H26FN3O4. The average molecular weight is 476 g/mol. The number of amides is 1. The first-order valence-corrected chi connectivity index (χ1v) is 11.5. The van der Waals surface area contributed by atoms with Crippen molar-refractivity contribution in [3.8, 4) is 11.5 Å². The van der Waals surface area contributed by atoms with Crippen LogP contribution in [0.5, 0.6) is 11.5 Å². The number of aliphatic hydroxyl groups is 1. The van der Waals surface area contributed by atoms with E-state index in [1.807, 2.05) is 28.8 Å². The summed E-state index contributed by atoms with van der Waals surface area (Å²) in [7, 11) is 1.60. The highest BCUT2D eigenvalue weighted by Gasteiger charge is 2.36. The van der Waals surface area contributed by atoms with Crippen LogP contribution in [0.4, 0.5) is 10.1 Å². The highest BCUT2D eigenvalue weighted by Crippen LogP contribution is 2.34. The number of benzene rings is 3. The number of carbonyl (C=O) groups is 1. The fourth-order valence-electron chi connectivity index (χ4n) is 4.51. The summed E-state index contributed by atoms with van der Waals surface area (Å²) in [4.78, 5) is 19.1.